The highest BCUT2D eigenvalue weighted by Gasteiger charge is 2.20. The Balaban J connectivity index is 0.00000177. The zero-order chi connectivity index (χ0) is 34.7. The van der Waals surface area contributed by atoms with Crippen molar-refractivity contribution < 1.29 is 0 Å². The maximum Gasteiger partial charge on any atom is 0.263 e. The van der Waals surface area contributed by atoms with Gasteiger partial charge in [0.2, 0.25) is 0 Å². The summed E-state index contributed by atoms with van der Waals surface area (Å²) in [4.78, 5) is 15.4. The van der Waals surface area contributed by atoms with Crippen LogP contribution in [0, 0.1) is 0 Å². The number of fused-ring (bicyclic) bond motifs is 7. The molecule has 2 nitrogen and oxygen atoms in total. The predicted molar refractivity (Wildman–Crippen MR) is 224 cm³/mol. The molecule has 4 aromatic heterocycles. The van der Waals surface area contributed by atoms with Crippen LogP contribution >= 0.6 is 22.7 Å². The average molecular weight is 682 g/mol. The third-order valence-corrected chi connectivity index (χ3v) is 12.1. The van der Waals surface area contributed by atoms with E-state index in [-0.39, 0.29) is 5.56 Å². The molecule has 0 bridgehead atoms. The number of allylic oxidation sites excluding steroid dienone is 2. The molecule has 9 rings (SSSR count). The van der Waals surface area contributed by atoms with Crippen molar-refractivity contribution in [1.29, 1.82) is 0 Å². The maximum absolute atomic E-state index is 14.2. The van der Waals surface area contributed by atoms with E-state index in [1.54, 1.807) is 22.7 Å². The van der Waals surface area contributed by atoms with Crippen molar-refractivity contribution in [2.75, 3.05) is 0 Å². The van der Waals surface area contributed by atoms with Crippen molar-refractivity contribution in [2.24, 2.45) is 0 Å². The Kier molecular flexibility index (Phi) is 7.86. The lowest BCUT2D eigenvalue weighted by Gasteiger charge is -2.09. The van der Waals surface area contributed by atoms with Crippen LogP contribution < -0.4 is 15.3 Å². The average Bonchev–Trinajstić information content (AvgIpc) is 3.81. The van der Waals surface area contributed by atoms with Gasteiger partial charge in [-0.1, -0.05) is 119 Å². The molecule has 4 heteroatoms. The Morgan fingerprint density at radius 3 is 2.16 bits per heavy atom. The first-order chi connectivity index (χ1) is 24.5. The minimum Gasteiger partial charge on any atom is -0.275 e. The molecule has 0 aliphatic rings. The molecule has 0 atom stereocenters. The van der Waals surface area contributed by atoms with E-state index in [4.69, 9.17) is 0 Å². The van der Waals surface area contributed by atoms with Crippen molar-refractivity contribution in [1.82, 2.24) is 4.40 Å². The summed E-state index contributed by atoms with van der Waals surface area (Å²) in [5.74, 6) is 0. The fourth-order valence-electron chi connectivity index (χ4n) is 7.44. The molecule has 0 radical (unpaired) electrons. The molecule has 242 valence electrons. The van der Waals surface area contributed by atoms with Gasteiger partial charge in [0.15, 0.2) is 0 Å². The van der Waals surface area contributed by atoms with E-state index in [0.717, 1.165) is 69.3 Å². The molecule has 0 unspecified atom stereocenters. The van der Waals surface area contributed by atoms with Crippen molar-refractivity contribution >= 4 is 105 Å². The van der Waals surface area contributed by atoms with E-state index in [2.05, 4.69) is 111 Å². The van der Waals surface area contributed by atoms with Crippen molar-refractivity contribution in [2.45, 2.75) is 20.8 Å². The monoisotopic (exact) mass is 681 g/mol. The predicted octanol–water partition coefficient (Wildman–Crippen LogP) is 11.8. The van der Waals surface area contributed by atoms with Gasteiger partial charge in [-0.05, 0) is 87.1 Å². The topological polar surface area (TPSA) is 21.5 Å². The zero-order valence-electron chi connectivity index (χ0n) is 28.3. The van der Waals surface area contributed by atoms with Crippen molar-refractivity contribution in [3.05, 3.63) is 158 Å². The lowest BCUT2D eigenvalue weighted by molar-refractivity contribution is 1.21. The van der Waals surface area contributed by atoms with Gasteiger partial charge in [0.25, 0.3) is 5.56 Å². The summed E-state index contributed by atoms with van der Waals surface area (Å²) >= 11 is 3.52. The van der Waals surface area contributed by atoms with E-state index in [0.29, 0.717) is 5.39 Å². The quantitative estimate of drug-likeness (QED) is 0.166. The van der Waals surface area contributed by atoms with Gasteiger partial charge in [-0.25, -0.2) is 0 Å². The first kappa shape index (κ1) is 31.7. The number of pyridine rings is 1. The number of aromatic nitrogens is 1. The smallest absolute Gasteiger partial charge is 0.263 e. The second kappa shape index (κ2) is 12.4. The van der Waals surface area contributed by atoms with Crippen molar-refractivity contribution in [3.8, 4) is 11.1 Å². The SMILES string of the molecule is C=C/C(c1cc2c3ccccc3c(=O)n3c4ccc(-c5cccc6c(/C=C\C)c(C=C)sc56)cc4c(c1)c23)=c1/sc2ccccc2c1=C.CC. The summed E-state index contributed by atoms with van der Waals surface area (Å²) in [5, 5.41) is 8.21. The highest BCUT2D eigenvalue weighted by molar-refractivity contribution is 7.20. The lowest BCUT2D eigenvalue weighted by Crippen LogP contribution is -2.19. The van der Waals surface area contributed by atoms with E-state index in [1.165, 1.54) is 25.9 Å². The van der Waals surface area contributed by atoms with Crippen LogP contribution in [0.15, 0.2) is 127 Å². The molecule has 4 heterocycles. The molecule has 0 aliphatic carbocycles. The highest BCUT2D eigenvalue weighted by Crippen LogP contribution is 2.42. The van der Waals surface area contributed by atoms with Gasteiger partial charge in [0.05, 0.1) is 11.0 Å². The van der Waals surface area contributed by atoms with Crippen LogP contribution in [0.25, 0.3) is 93.6 Å². The fourth-order valence-corrected chi connectivity index (χ4v) is 9.83. The maximum atomic E-state index is 14.2. The summed E-state index contributed by atoms with van der Waals surface area (Å²) in [6.07, 6.45) is 8.15. The second-order valence-corrected chi connectivity index (χ2v) is 14.2. The summed E-state index contributed by atoms with van der Waals surface area (Å²) in [6.45, 7) is 18.9. The van der Waals surface area contributed by atoms with Crippen LogP contribution in [0.3, 0.4) is 0 Å². The van der Waals surface area contributed by atoms with E-state index >= 15 is 0 Å². The molecular formula is C46H35NOS2. The molecule has 0 spiro atoms. The van der Waals surface area contributed by atoms with Crippen LogP contribution in [-0.4, -0.2) is 4.40 Å². The zero-order valence-corrected chi connectivity index (χ0v) is 30.0. The van der Waals surface area contributed by atoms with Gasteiger partial charge in [-0.15, -0.1) is 22.7 Å². The van der Waals surface area contributed by atoms with Crippen LogP contribution in [0.5, 0.6) is 0 Å². The van der Waals surface area contributed by atoms with Crippen LogP contribution in [0.1, 0.15) is 36.8 Å². The minimum atomic E-state index is 0.00283. The number of hydrogen-bond acceptors (Lipinski definition) is 3. The van der Waals surface area contributed by atoms with Gasteiger partial charge < -0.3 is 0 Å². The Hall–Kier alpha value is -5.55. The number of nitrogens with zero attached hydrogens (tertiary/aromatic N) is 1. The summed E-state index contributed by atoms with van der Waals surface area (Å²) in [7, 11) is 0. The van der Waals surface area contributed by atoms with Crippen LogP contribution in [-0.2, 0) is 0 Å². The third kappa shape index (κ3) is 4.56. The molecule has 0 aliphatic heterocycles. The van der Waals surface area contributed by atoms with E-state index < -0.39 is 0 Å². The van der Waals surface area contributed by atoms with Crippen LogP contribution in [0.4, 0.5) is 0 Å². The molecule has 0 amide bonds. The largest absolute Gasteiger partial charge is 0.275 e. The lowest BCUT2D eigenvalue weighted by atomic mass is 9.96. The first-order valence-corrected chi connectivity index (χ1v) is 18.6. The number of benzene rings is 5. The molecule has 0 fully saturated rings. The van der Waals surface area contributed by atoms with Crippen LogP contribution in [0.2, 0.25) is 0 Å². The summed E-state index contributed by atoms with van der Waals surface area (Å²) < 4.78 is 5.47. The molecule has 0 saturated heterocycles. The second-order valence-electron chi connectivity index (χ2n) is 12.1. The molecule has 0 N–H and O–H groups in total. The van der Waals surface area contributed by atoms with Gasteiger partial charge >= 0.3 is 0 Å². The van der Waals surface area contributed by atoms with Gasteiger partial charge in [0, 0.05) is 45.7 Å². The van der Waals surface area contributed by atoms with Crippen molar-refractivity contribution in [3.63, 3.8) is 0 Å². The Labute approximate surface area is 298 Å². The normalized spacial score (nSPS) is 12.5. The van der Waals surface area contributed by atoms with Gasteiger partial charge in [-0.2, -0.15) is 0 Å². The van der Waals surface area contributed by atoms with E-state index in [1.807, 2.05) is 55.5 Å². The Morgan fingerprint density at radius 2 is 1.44 bits per heavy atom. The number of hydrogen-bond donors (Lipinski definition) is 0. The molecule has 5 aromatic carbocycles. The third-order valence-electron chi connectivity index (χ3n) is 9.58. The Morgan fingerprint density at radius 1 is 0.740 bits per heavy atom. The molecule has 0 saturated carbocycles. The summed E-state index contributed by atoms with van der Waals surface area (Å²) in [5.41, 5.74) is 7.45. The standard InChI is InChI=1S/C44H29NOS2.C2H6/c1-5-13-32-33-18-12-17-30(43(33)47-39(32)7-3)26-20-21-38-35(22-26)37-24-27(28(6-2)42-25(4)29-14-10-11-19-40(29)48-42)23-36-31-15-8-9-16-34(31)44(46)45(38)41(36)37;1-2/h5-24H,2-4H2,1H3;1-2H3/b13-5-,42-28-;. The molecule has 9 aromatic rings. The molecule has 50 heavy (non-hydrogen) atoms. The fraction of sp³-hybridized carbons (Fsp3) is 0.0652. The first-order valence-electron chi connectivity index (χ1n) is 16.9. The van der Waals surface area contributed by atoms with Gasteiger partial charge in [0.1, 0.15) is 0 Å². The van der Waals surface area contributed by atoms with Gasteiger partial charge in [-0.3, -0.25) is 9.20 Å². The summed E-state index contributed by atoms with van der Waals surface area (Å²) in [6, 6.07) is 33.9. The minimum absolute atomic E-state index is 0.00283. The Bertz CT molecular complexity index is 3040. The number of thiophene rings is 2. The highest BCUT2D eigenvalue weighted by atomic mass is 32.1. The molecular weight excluding hydrogens is 647 g/mol. The van der Waals surface area contributed by atoms with E-state index in [9.17, 15) is 4.79 Å². The number of rotatable bonds is 5.